The first-order valence-corrected chi connectivity index (χ1v) is 15.6. The smallest absolute Gasteiger partial charge is 0.416 e. The molecule has 0 bridgehead atoms. The molecule has 1 fully saturated rings. The molecule has 0 saturated heterocycles. The highest BCUT2D eigenvalue weighted by atomic mass is 19.4. The van der Waals surface area contributed by atoms with Gasteiger partial charge in [-0.15, -0.1) is 0 Å². The zero-order valence-corrected chi connectivity index (χ0v) is 27.0. The van der Waals surface area contributed by atoms with Crippen LogP contribution < -0.4 is 5.32 Å². The van der Waals surface area contributed by atoms with Gasteiger partial charge in [-0.3, -0.25) is 19.4 Å². The number of carbonyl (C=O) groups is 3. The van der Waals surface area contributed by atoms with Crippen LogP contribution in [0.2, 0.25) is 0 Å². The second kappa shape index (κ2) is 13.0. The molecular weight excluding hydrogens is 583 g/mol. The minimum Gasteiger partial charge on any atom is -0.460 e. The molecule has 7 nitrogen and oxygen atoms in total. The van der Waals surface area contributed by atoms with Crippen molar-refractivity contribution in [1.82, 2.24) is 10.2 Å². The Kier molecular flexibility index (Phi) is 9.85. The van der Waals surface area contributed by atoms with Crippen LogP contribution in [0.5, 0.6) is 0 Å². The quantitative estimate of drug-likeness (QED) is 0.245. The number of hydrogen-bond acceptors (Lipinski definition) is 5. The van der Waals surface area contributed by atoms with E-state index in [0.717, 1.165) is 30.5 Å². The predicted octanol–water partition coefficient (Wildman–Crippen LogP) is 7.32. The van der Waals surface area contributed by atoms with Gasteiger partial charge in [-0.25, -0.2) is 0 Å². The van der Waals surface area contributed by atoms with Crippen LogP contribution >= 0.6 is 0 Å². The molecule has 2 amide bonds. The molecule has 10 heteroatoms. The Bertz CT molecular complexity index is 1410. The first-order chi connectivity index (χ1) is 20.9. The van der Waals surface area contributed by atoms with E-state index in [9.17, 15) is 27.6 Å². The Labute approximate surface area is 263 Å². The van der Waals surface area contributed by atoms with Gasteiger partial charge in [0.25, 0.3) is 11.8 Å². The largest absolute Gasteiger partial charge is 0.460 e. The number of nitrogens with zero attached hydrogens (tertiary/aromatic N) is 2. The first-order valence-electron chi connectivity index (χ1n) is 15.6. The molecule has 1 saturated carbocycles. The van der Waals surface area contributed by atoms with Crippen molar-refractivity contribution < 1.29 is 32.3 Å². The maximum absolute atomic E-state index is 13.9. The number of amides is 2. The summed E-state index contributed by atoms with van der Waals surface area (Å²) in [6.45, 7) is 12.6. The molecule has 0 atom stereocenters. The fraction of sp³-hybridized carbons (Fsp3) is 0.543. The van der Waals surface area contributed by atoms with E-state index in [2.05, 4.69) is 26.1 Å². The van der Waals surface area contributed by atoms with Gasteiger partial charge in [-0.1, -0.05) is 45.0 Å². The molecule has 0 unspecified atom stereocenters. The third kappa shape index (κ3) is 8.52. The molecule has 2 aromatic rings. The van der Waals surface area contributed by atoms with E-state index < -0.39 is 23.0 Å². The van der Waals surface area contributed by atoms with E-state index in [4.69, 9.17) is 9.73 Å². The number of esters is 1. The standard InChI is InChI=1S/C35H44F3N3O4/c1-32(2,3)26-17-19-34(20-18-26)40-29(24-13-15-27(16-14-24)35(36,37)38)31(44)41(34)22-23-9-11-25(12-10-23)30(43)39-21-7-8-28(42)45-33(4,5)6/h9-16,26H,7-8,17-22H2,1-6H3,(H,39,43). The summed E-state index contributed by atoms with van der Waals surface area (Å²) >= 11 is 0. The SMILES string of the molecule is CC(C)(C)OC(=O)CCCNC(=O)c1ccc(CN2C(=O)C(c3ccc(C(F)(F)F)cc3)=NC23CCC(C(C)(C)C)CC3)cc1. The molecule has 45 heavy (non-hydrogen) atoms. The topological polar surface area (TPSA) is 88.1 Å². The van der Waals surface area contributed by atoms with Crippen LogP contribution in [0.4, 0.5) is 13.2 Å². The maximum Gasteiger partial charge on any atom is 0.416 e. The Balaban J connectivity index is 1.46. The normalized spacial score (nSPS) is 20.7. The third-order valence-electron chi connectivity index (χ3n) is 8.59. The number of hydrogen-bond donors (Lipinski definition) is 1. The summed E-state index contributed by atoms with van der Waals surface area (Å²) in [7, 11) is 0. The lowest BCUT2D eigenvalue weighted by atomic mass is 9.69. The second-order valence-electron chi connectivity index (χ2n) is 14.2. The number of ether oxygens (including phenoxy) is 1. The van der Waals surface area contributed by atoms with E-state index in [-0.39, 0.29) is 41.9 Å². The highest BCUT2D eigenvalue weighted by Crippen LogP contribution is 2.47. The highest BCUT2D eigenvalue weighted by molar-refractivity contribution is 6.46. The summed E-state index contributed by atoms with van der Waals surface area (Å²) in [5, 5.41) is 2.82. The molecule has 1 aliphatic carbocycles. The Morgan fingerprint density at radius 1 is 0.956 bits per heavy atom. The molecule has 4 rings (SSSR count). The molecule has 244 valence electrons. The van der Waals surface area contributed by atoms with E-state index in [1.807, 2.05) is 0 Å². The second-order valence-corrected chi connectivity index (χ2v) is 14.2. The van der Waals surface area contributed by atoms with Crippen molar-refractivity contribution in [3.63, 3.8) is 0 Å². The van der Waals surface area contributed by atoms with Gasteiger partial charge in [0.2, 0.25) is 0 Å². The number of alkyl halides is 3. The number of halogens is 3. The molecular formula is C35H44F3N3O4. The van der Waals surface area contributed by atoms with Gasteiger partial charge in [0.1, 0.15) is 17.0 Å². The van der Waals surface area contributed by atoms with Crippen LogP contribution in [-0.4, -0.2) is 46.2 Å². The van der Waals surface area contributed by atoms with Crippen molar-refractivity contribution in [2.24, 2.45) is 16.3 Å². The maximum atomic E-state index is 13.9. The Morgan fingerprint density at radius 3 is 2.09 bits per heavy atom. The summed E-state index contributed by atoms with van der Waals surface area (Å²) in [4.78, 5) is 45.1. The number of rotatable bonds is 8. The Morgan fingerprint density at radius 2 is 1.56 bits per heavy atom. The average Bonchev–Trinajstić information content (AvgIpc) is 3.20. The molecule has 1 aliphatic heterocycles. The molecule has 1 N–H and O–H groups in total. The summed E-state index contributed by atoms with van der Waals surface area (Å²) in [5.74, 6) is -0.427. The number of carbonyl (C=O) groups excluding carboxylic acids is 3. The first kappa shape index (κ1) is 34.2. The monoisotopic (exact) mass is 627 g/mol. The van der Waals surface area contributed by atoms with Crippen molar-refractivity contribution >= 4 is 23.5 Å². The Hall–Kier alpha value is -3.69. The van der Waals surface area contributed by atoms with Crippen LogP contribution in [-0.2, 0) is 27.0 Å². The number of nitrogens with one attached hydrogen (secondary N) is 1. The van der Waals surface area contributed by atoms with Crippen LogP contribution in [0.15, 0.2) is 53.5 Å². The van der Waals surface area contributed by atoms with Crippen LogP contribution in [0, 0.1) is 11.3 Å². The van der Waals surface area contributed by atoms with Gasteiger partial charge < -0.3 is 15.0 Å². The molecule has 1 heterocycles. The van der Waals surface area contributed by atoms with E-state index >= 15 is 0 Å². The van der Waals surface area contributed by atoms with Crippen molar-refractivity contribution in [3.8, 4) is 0 Å². The molecule has 0 aromatic heterocycles. The summed E-state index contributed by atoms with van der Waals surface area (Å²) in [6, 6.07) is 11.6. The molecule has 0 radical (unpaired) electrons. The van der Waals surface area contributed by atoms with Crippen LogP contribution in [0.25, 0.3) is 0 Å². The zero-order valence-electron chi connectivity index (χ0n) is 27.0. The lowest BCUT2D eigenvalue weighted by molar-refractivity contribution is -0.154. The van der Waals surface area contributed by atoms with Gasteiger partial charge in [-0.05, 0) is 94.0 Å². The van der Waals surface area contributed by atoms with Crippen molar-refractivity contribution in [2.45, 2.75) is 104 Å². The van der Waals surface area contributed by atoms with E-state index in [1.54, 1.807) is 49.9 Å². The van der Waals surface area contributed by atoms with Crippen molar-refractivity contribution in [2.75, 3.05) is 6.54 Å². The zero-order chi connectivity index (χ0) is 33.2. The third-order valence-corrected chi connectivity index (χ3v) is 8.59. The summed E-state index contributed by atoms with van der Waals surface area (Å²) in [6.07, 6.45) is -0.733. The molecule has 2 aliphatic rings. The van der Waals surface area contributed by atoms with E-state index in [0.29, 0.717) is 42.9 Å². The molecule has 1 spiro atoms. The number of benzene rings is 2. The fourth-order valence-electron chi connectivity index (χ4n) is 6.06. The van der Waals surface area contributed by atoms with Crippen LogP contribution in [0.1, 0.15) is 107 Å². The van der Waals surface area contributed by atoms with Gasteiger partial charge in [0.05, 0.1) is 5.56 Å². The van der Waals surface area contributed by atoms with Crippen LogP contribution in [0.3, 0.4) is 0 Å². The average molecular weight is 628 g/mol. The minimum atomic E-state index is -4.47. The predicted molar refractivity (Wildman–Crippen MR) is 167 cm³/mol. The minimum absolute atomic E-state index is 0.112. The van der Waals surface area contributed by atoms with Crippen molar-refractivity contribution in [3.05, 3.63) is 70.8 Å². The number of aliphatic imine (C=N–C) groups is 1. The lowest BCUT2D eigenvalue weighted by Crippen LogP contribution is -2.49. The summed E-state index contributed by atoms with van der Waals surface area (Å²) in [5.41, 5.74) is -0.184. The molecule has 2 aromatic carbocycles. The van der Waals surface area contributed by atoms with Gasteiger partial charge in [0.15, 0.2) is 0 Å². The van der Waals surface area contributed by atoms with Crippen molar-refractivity contribution in [1.29, 1.82) is 0 Å². The van der Waals surface area contributed by atoms with Gasteiger partial charge in [0, 0.05) is 30.6 Å². The van der Waals surface area contributed by atoms with E-state index in [1.165, 1.54) is 12.1 Å². The van der Waals surface area contributed by atoms with Gasteiger partial charge >= 0.3 is 12.1 Å². The fourth-order valence-corrected chi connectivity index (χ4v) is 6.06. The highest BCUT2D eigenvalue weighted by Gasteiger charge is 2.50. The summed E-state index contributed by atoms with van der Waals surface area (Å²) < 4.78 is 44.8. The van der Waals surface area contributed by atoms with Gasteiger partial charge in [-0.2, -0.15) is 13.2 Å². The lowest BCUT2D eigenvalue weighted by Gasteiger charge is -2.44.